The van der Waals surface area contributed by atoms with E-state index in [0.717, 1.165) is 16.4 Å². The molecule has 8 heteroatoms. The first-order chi connectivity index (χ1) is 9.84. The Bertz CT molecular complexity index is 629. The second-order valence-corrected chi connectivity index (χ2v) is 6.00. The van der Waals surface area contributed by atoms with E-state index in [1.807, 2.05) is 0 Å². The van der Waals surface area contributed by atoms with Gasteiger partial charge >= 0.3 is 5.97 Å². The molecule has 0 atom stereocenters. The lowest BCUT2D eigenvalue weighted by molar-refractivity contribution is 0.0696. The average molecular weight is 317 g/mol. The van der Waals surface area contributed by atoms with Gasteiger partial charge in [-0.3, -0.25) is 0 Å². The number of hydrogen-bond acceptors (Lipinski definition) is 4. The van der Waals surface area contributed by atoms with Gasteiger partial charge in [0.25, 0.3) is 0 Å². The van der Waals surface area contributed by atoms with E-state index >= 15 is 0 Å². The Labute approximate surface area is 122 Å². The van der Waals surface area contributed by atoms with Crippen molar-refractivity contribution in [3.63, 3.8) is 0 Å². The van der Waals surface area contributed by atoms with E-state index in [4.69, 9.17) is 9.84 Å². The molecule has 1 aromatic carbocycles. The van der Waals surface area contributed by atoms with E-state index in [2.05, 4.69) is 6.58 Å². The van der Waals surface area contributed by atoms with E-state index in [-0.39, 0.29) is 25.3 Å². The molecular weight excluding hydrogens is 301 g/mol. The van der Waals surface area contributed by atoms with Crippen molar-refractivity contribution in [2.45, 2.75) is 4.90 Å². The third-order valence-electron chi connectivity index (χ3n) is 2.67. The third kappa shape index (κ3) is 4.10. The molecule has 0 aromatic heterocycles. The lowest BCUT2D eigenvalue weighted by Gasteiger charge is -2.20. The maximum Gasteiger partial charge on any atom is 0.335 e. The lowest BCUT2D eigenvalue weighted by Crippen LogP contribution is -2.34. The van der Waals surface area contributed by atoms with Crippen LogP contribution in [0.25, 0.3) is 0 Å². The monoisotopic (exact) mass is 317 g/mol. The van der Waals surface area contributed by atoms with Crippen LogP contribution in [0.2, 0.25) is 0 Å². The van der Waals surface area contributed by atoms with Gasteiger partial charge in [0, 0.05) is 20.2 Å². The van der Waals surface area contributed by atoms with E-state index in [1.165, 1.54) is 13.2 Å². The molecule has 0 heterocycles. The second kappa shape index (κ2) is 7.30. The summed E-state index contributed by atoms with van der Waals surface area (Å²) < 4.78 is 44.5. The summed E-state index contributed by atoms with van der Waals surface area (Å²) >= 11 is 0. The fourth-order valence-corrected chi connectivity index (χ4v) is 3.07. The summed E-state index contributed by atoms with van der Waals surface area (Å²) in [6, 6.07) is 2.66. The number of carboxylic acid groups (broad SMARTS) is 1. The molecule has 0 amide bonds. The minimum atomic E-state index is -4.09. The van der Waals surface area contributed by atoms with E-state index < -0.39 is 26.7 Å². The Morgan fingerprint density at radius 1 is 1.52 bits per heavy atom. The van der Waals surface area contributed by atoms with Crippen LogP contribution in [0.5, 0.6) is 0 Å². The van der Waals surface area contributed by atoms with Crippen LogP contribution >= 0.6 is 0 Å². The summed E-state index contributed by atoms with van der Waals surface area (Å²) in [5, 5.41) is 8.76. The number of benzene rings is 1. The fourth-order valence-electron chi connectivity index (χ4n) is 1.63. The predicted octanol–water partition coefficient (Wildman–Crippen LogP) is 1.35. The number of rotatable bonds is 8. The molecule has 0 fully saturated rings. The molecule has 0 saturated heterocycles. The molecule has 6 nitrogen and oxygen atoms in total. The van der Waals surface area contributed by atoms with E-state index in [0.29, 0.717) is 6.07 Å². The smallest absolute Gasteiger partial charge is 0.335 e. The molecule has 116 valence electrons. The number of carboxylic acids is 1. The molecular formula is C13H16FNO5S. The average Bonchev–Trinajstić information content (AvgIpc) is 2.42. The molecule has 1 aromatic rings. The van der Waals surface area contributed by atoms with Crippen LogP contribution in [0.3, 0.4) is 0 Å². The molecule has 0 spiro atoms. The van der Waals surface area contributed by atoms with E-state index in [9.17, 15) is 17.6 Å². The number of halogens is 1. The van der Waals surface area contributed by atoms with Gasteiger partial charge in [0.05, 0.1) is 12.2 Å². The lowest BCUT2D eigenvalue weighted by atomic mass is 10.2. The van der Waals surface area contributed by atoms with Crippen molar-refractivity contribution in [2.24, 2.45) is 0 Å². The largest absolute Gasteiger partial charge is 0.478 e. The van der Waals surface area contributed by atoms with Crippen molar-refractivity contribution in [1.82, 2.24) is 4.31 Å². The molecule has 0 radical (unpaired) electrons. The van der Waals surface area contributed by atoms with Gasteiger partial charge in [-0.2, -0.15) is 4.31 Å². The molecule has 0 aliphatic rings. The first-order valence-electron chi connectivity index (χ1n) is 5.97. The summed E-state index contributed by atoms with van der Waals surface area (Å²) in [4.78, 5) is 10.2. The highest BCUT2D eigenvalue weighted by Crippen LogP contribution is 2.20. The van der Waals surface area contributed by atoms with Crippen LogP contribution in [0, 0.1) is 5.82 Å². The fraction of sp³-hybridized carbons (Fsp3) is 0.308. The first-order valence-corrected chi connectivity index (χ1v) is 7.41. The Morgan fingerprint density at radius 2 is 2.19 bits per heavy atom. The third-order valence-corrected chi connectivity index (χ3v) is 4.57. The van der Waals surface area contributed by atoms with Crippen molar-refractivity contribution >= 4 is 16.0 Å². The highest BCUT2D eigenvalue weighted by atomic mass is 32.2. The Balaban J connectivity index is 3.21. The number of nitrogens with zero attached hydrogens (tertiary/aromatic N) is 1. The molecule has 1 N–H and O–H groups in total. The minimum absolute atomic E-state index is 0.00812. The summed E-state index contributed by atoms with van der Waals surface area (Å²) in [5.74, 6) is -2.44. The molecule has 0 aliphatic carbocycles. The van der Waals surface area contributed by atoms with Crippen molar-refractivity contribution < 1.29 is 27.4 Å². The van der Waals surface area contributed by atoms with Crippen LogP contribution in [0.1, 0.15) is 10.4 Å². The molecule has 0 bridgehead atoms. The SMILES string of the molecule is C=CCN(CCOC)S(=O)(=O)c1ccc(C(=O)O)cc1F. The molecule has 0 aliphatic heterocycles. The van der Waals surface area contributed by atoms with Gasteiger partial charge in [-0.1, -0.05) is 6.08 Å². The summed E-state index contributed by atoms with van der Waals surface area (Å²) in [7, 11) is -2.68. The minimum Gasteiger partial charge on any atom is -0.478 e. The second-order valence-electron chi connectivity index (χ2n) is 4.09. The van der Waals surface area contributed by atoms with Gasteiger partial charge in [0.2, 0.25) is 10.0 Å². The number of carbonyl (C=O) groups is 1. The van der Waals surface area contributed by atoms with Crippen LogP contribution in [-0.4, -0.2) is 50.6 Å². The predicted molar refractivity (Wildman–Crippen MR) is 74.2 cm³/mol. The van der Waals surface area contributed by atoms with Crippen LogP contribution < -0.4 is 0 Å². The van der Waals surface area contributed by atoms with Crippen molar-refractivity contribution in [1.29, 1.82) is 0 Å². The van der Waals surface area contributed by atoms with Gasteiger partial charge < -0.3 is 9.84 Å². The molecule has 1 rings (SSSR count). The molecule has 21 heavy (non-hydrogen) atoms. The number of sulfonamides is 1. The zero-order valence-corrected chi connectivity index (χ0v) is 12.3. The number of aromatic carboxylic acids is 1. The highest BCUT2D eigenvalue weighted by Gasteiger charge is 2.27. The van der Waals surface area contributed by atoms with Crippen molar-refractivity contribution in [3.8, 4) is 0 Å². The standard InChI is InChI=1S/C13H16FNO5S/c1-3-6-15(7-8-20-2)21(18,19)12-5-4-10(13(16)17)9-11(12)14/h3-5,9H,1,6-8H2,2H3,(H,16,17). The number of ether oxygens (including phenoxy) is 1. The zero-order chi connectivity index (χ0) is 16.0. The first kappa shape index (κ1) is 17.3. The Hall–Kier alpha value is -1.77. The molecule has 0 unspecified atom stereocenters. The Morgan fingerprint density at radius 3 is 2.67 bits per heavy atom. The zero-order valence-electron chi connectivity index (χ0n) is 11.5. The van der Waals surface area contributed by atoms with Crippen LogP contribution in [0.4, 0.5) is 4.39 Å². The highest BCUT2D eigenvalue weighted by molar-refractivity contribution is 7.89. The van der Waals surface area contributed by atoms with Gasteiger partial charge in [-0.15, -0.1) is 6.58 Å². The molecule has 0 saturated carbocycles. The maximum atomic E-state index is 13.9. The summed E-state index contributed by atoms with van der Waals surface area (Å²) in [5.41, 5.74) is -0.321. The topological polar surface area (TPSA) is 83.9 Å². The number of hydrogen-bond donors (Lipinski definition) is 1. The van der Waals surface area contributed by atoms with Gasteiger partial charge in [0.1, 0.15) is 10.7 Å². The van der Waals surface area contributed by atoms with Crippen molar-refractivity contribution in [2.75, 3.05) is 26.8 Å². The van der Waals surface area contributed by atoms with Crippen LogP contribution in [-0.2, 0) is 14.8 Å². The quantitative estimate of drug-likeness (QED) is 0.732. The van der Waals surface area contributed by atoms with E-state index in [1.54, 1.807) is 0 Å². The van der Waals surface area contributed by atoms with Gasteiger partial charge in [0.15, 0.2) is 0 Å². The van der Waals surface area contributed by atoms with Crippen LogP contribution in [0.15, 0.2) is 35.7 Å². The Kier molecular flexibility index (Phi) is 6.01. The van der Waals surface area contributed by atoms with Gasteiger partial charge in [-0.05, 0) is 18.2 Å². The van der Waals surface area contributed by atoms with Gasteiger partial charge in [-0.25, -0.2) is 17.6 Å². The van der Waals surface area contributed by atoms with Crippen molar-refractivity contribution in [3.05, 3.63) is 42.2 Å². The maximum absolute atomic E-state index is 13.9. The number of methoxy groups -OCH3 is 1. The summed E-state index contributed by atoms with van der Waals surface area (Å²) in [6.45, 7) is 3.62. The normalized spacial score (nSPS) is 11.6. The summed E-state index contributed by atoms with van der Waals surface area (Å²) in [6.07, 6.45) is 1.37.